The number of benzene rings is 1. The summed E-state index contributed by atoms with van der Waals surface area (Å²) in [5.74, 6) is 9.18. The molecule has 0 aliphatic carbocycles. The molecular formula is C9H12N4O2. The molecule has 1 rings (SSSR count). The first-order valence-electron chi connectivity index (χ1n) is 4.22. The highest BCUT2D eigenvalue weighted by Crippen LogP contribution is 2.10. The predicted molar refractivity (Wildman–Crippen MR) is 54.5 cm³/mol. The van der Waals surface area contributed by atoms with Gasteiger partial charge in [-0.1, -0.05) is 0 Å². The third kappa shape index (κ3) is 2.30. The van der Waals surface area contributed by atoms with E-state index < -0.39 is 11.8 Å². The second-order valence-electron chi connectivity index (χ2n) is 2.98. The van der Waals surface area contributed by atoms with Gasteiger partial charge >= 0.3 is 0 Å². The average molecular weight is 208 g/mol. The van der Waals surface area contributed by atoms with Crippen molar-refractivity contribution in [2.75, 3.05) is 0 Å². The summed E-state index contributed by atoms with van der Waals surface area (Å²) in [4.78, 5) is 22.4. The maximum absolute atomic E-state index is 11.2. The van der Waals surface area contributed by atoms with Crippen LogP contribution in [-0.2, 0) is 0 Å². The number of hydrogen-bond donors (Lipinski definition) is 4. The monoisotopic (exact) mass is 208 g/mol. The SMILES string of the molecule is Cc1cc(C(=O)NN)ccc1C(=O)NN. The lowest BCUT2D eigenvalue weighted by molar-refractivity contribution is 0.0941. The third-order valence-corrected chi connectivity index (χ3v) is 2.00. The third-order valence-electron chi connectivity index (χ3n) is 2.00. The number of nitrogens with one attached hydrogen (secondary N) is 2. The maximum Gasteiger partial charge on any atom is 0.265 e. The normalized spacial score (nSPS) is 9.53. The van der Waals surface area contributed by atoms with E-state index in [9.17, 15) is 9.59 Å². The van der Waals surface area contributed by atoms with E-state index in [4.69, 9.17) is 11.7 Å². The molecule has 1 aromatic carbocycles. The molecule has 6 nitrogen and oxygen atoms in total. The number of rotatable bonds is 2. The minimum atomic E-state index is -0.405. The molecule has 0 unspecified atom stereocenters. The zero-order chi connectivity index (χ0) is 11.4. The molecule has 0 aliphatic heterocycles. The van der Waals surface area contributed by atoms with Crippen LogP contribution in [0.15, 0.2) is 18.2 Å². The molecule has 6 N–H and O–H groups in total. The van der Waals surface area contributed by atoms with E-state index in [1.165, 1.54) is 12.1 Å². The molecule has 15 heavy (non-hydrogen) atoms. The Hall–Kier alpha value is -1.92. The molecule has 0 radical (unpaired) electrons. The Labute approximate surface area is 86.6 Å². The fraction of sp³-hybridized carbons (Fsp3) is 0.111. The van der Waals surface area contributed by atoms with Gasteiger partial charge in [-0.2, -0.15) is 0 Å². The van der Waals surface area contributed by atoms with Crippen molar-refractivity contribution < 1.29 is 9.59 Å². The molecule has 1 aromatic rings. The van der Waals surface area contributed by atoms with Gasteiger partial charge in [0.1, 0.15) is 0 Å². The van der Waals surface area contributed by atoms with E-state index in [-0.39, 0.29) is 0 Å². The van der Waals surface area contributed by atoms with Gasteiger partial charge in [-0.05, 0) is 30.7 Å². The van der Waals surface area contributed by atoms with E-state index >= 15 is 0 Å². The Balaban J connectivity index is 3.08. The molecule has 0 saturated heterocycles. The van der Waals surface area contributed by atoms with Crippen molar-refractivity contribution in [1.29, 1.82) is 0 Å². The van der Waals surface area contributed by atoms with Crippen LogP contribution in [0.2, 0.25) is 0 Å². The summed E-state index contributed by atoms with van der Waals surface area (Å²) in [6, 6.07) is 4.58. The second-order valence-corrected chi connectivity index (χ2v) is 2.98. The van der Waals surface area contributed by atoms with Crippen LogP contribution in [0.1, 0.15) is 26.3 Å². The number of amides is 2. The zero-order valence-corrected chi connectivity index (χ0v) is 8.20. The summed E-state index contributed by atoms with van der Waals surface area (Å²) < 4.78 is 0. The van der Waals surface area contributed by atoms with Crippen LogP contribution >= 0.6 is 0 Å². The van der Waals surface area contributed by atoms with Gasteiger partial charge in [0.2, 0.25) is 0 Å². The minimum Gasteiger partial charge on any atom is -0.290 e. The molecule has 0 bridgehead atoms. The van der Waals surface area contributed by atoms with Gasteiger partial charge in [0, 0.05) is 11.1 Å². The van der Waals surface area contributed by atoms with Crippen molar-refractivity contribution in [2.45, 2.75) is 6.92 Å². The van der Waals surface area contributed by atoms with Gasteiger partial charge in [-0.25, -0.2) is 11.7 Å². The van der Waals surface area contributed by atoms with Gasteiger partial charge in [0.15, 0.2) is 0 Å². The Morgan fingerprint density at radius 2 is 1.73 bits per heavy atom. The highest BCUT2D eigenvalue weighted by molar-refractivity contribution is 5.98. The average Bonchev–Trinajstić information content (AvgIpc) is 2.26. The van der Waals surface area contributed by atoms with E-state index in [0.717, 1.165) is 0 Å². The van der Waals surface area contributed by atoms with Crippen molar-refractivity contribution in [3.05, 3.63) is 34.9 Å². The maximum atomic E-state index is 11.2. The lowest BCUT2D eigenvalue weighted by Crippen LogP contribution is -2.31. The van der Waals surface area contributed by atoms with Crippen molar-refractivity contribution in [3.63, 3.8) is 0 Å². The number of carbonyl (C=O) groups is 2. The van der Waals surface area contributed by atoms with Crippen LogP contribution < -0.4 is 22.5 Å². The molecule has 0 aromatic heterocycles. The van der Waals surface area contributed by atoms with E-state index in [1.54, 1.807) is 13.0 Å². The van der Waals surface area contributed by atoms with Gasteiger partial charge in [-0.15, -0.1) is 0 Å². The lowest BCUT2D eigenvalue weighted by Gasteiger charge is -2.06. The number of hydrogen-bond acceptors (Lipinski definition) is 4. The quantitative estimate of drug-likeness (QED) is 0.290. The second kappa shape index (κ2) is 4.54. The Bertz CT molecular complexity index is 403. The Morgan fingerprint density at radius 3 is 2.20 bits per heavy atom. The summed E-state index contributed by atoms with van der Waals surface area (Å²) in [5.41, 5.74) is 5.49. The number of carbonyl (C=O) groups excluding carboxylic acids is 2. The molecule has 0 aliphatic rings. The van der Waals surface area contributed by atoms with E-state index in [1.807, 2.05) is 10.9 Å². The summed E-state index contributed by atoms with van der Waals surface area (Å²) >= 11 is 0. The topological polar surface area (TPSA) is 110 Å². The van der Waals surface area contributed by atoms with Crippen LogP contribution in [0, 0.1) is 6.92 Å². The predicted octanol–water partition coefficient (Wildman–Crippen LogP) is -0.798. The van der Waals surface area contributed by atoms with Crippen molar-refractivity contribution in [3.8, 4) is 0 Å². The molecule has 0 atom stereocenters. The van der Waals surface area contributed by atoms with E-state index in [0.29, 0.717) is 16.7 Å². The van der Waals surface area contributed by atoms with E-state index in [2.05, 4.69) is 0 Å². The van der Waals surface area contributed by atoms with Crippen molar-refractivity contribution in [2.24, 2.45) is 11.7 Å². The zero-order valence-electron chi connectivity index (χ0n) is 8.20. The number of nitrogen functional groups attached to an aromatic ring is 2. The standard InChI is InChI=1S/C9H12N4O2/c1-5-4-6(8(14)12-10)2-3-7(5)9(15)13-11/h2-4H,10-11H2,1H3,(H,12,14)(H,13,15). The summed E-state index contributed by atoms with van der Waals surface area (Å²) in [5, 5.41) is 0. The van der Waals surface area contributed by atoms with Crippen LogP contribution in [0.3, 0.4) is 0 Å². The lowest BCUT2D eigenvalue weighted by atomic mass is 10.0. The molecule has 0 spiro atoms. The molecule has 0 fully saturated rings. The van der Waals surface area contributed by atoms with Crippen molar-refractivity contribution in [1.82, 2.24) is 10.9 Å². The minimum absolute atomic E-state index is 0.392. The van der Waals surface area contributed by atoms with Crippen LogP contribution in [0.25, 0.3) is 0 Å². The first-order valence-corrected chi connectivity index (χ1v) is 4.22. The molecule has 0 saturated carbocycles. The largest absolute Gasteiger partial charge is 0.290 e. The molecule has 80 valence electrons. The fourth-order valence-electron chi connectivity index (χ4n) is 1.22. The first kappa shape index (κ1) is 11.2. The molecular weight excluding hydrogens is 196 g/mol. The van der Waals surface area contributed by atoms with Crippen LogP contribution in [-0.4, -0.2) is 11.8 Å². The highest BCUT2D eigenvalue weighted by Gasteiger charge is 2.10. The summed E-state index contributed by atoms with van der Waals surface area (Å²) in [6.45, 7) is 1.71. The number of hydrazine groups is 2. The summed E-state index contributed by atoms with van der Waals surface area (Å²) in [7, 11) is 0. The van der Waals surface area contributed by atoms with Gasteiger partial charge in [-0.3, -0.25) is 20.4 Å². The number of aryl methyl sites for hydroxylation is 1. The molecule has 6 heteroatoms. The fourth-order valence-corrected chi connectivity index (χ4v) is 1.22. The number of nitrogens with two attached hydrogens (primary N) is 2. The highest BCUT2D eigenvalue weighted by atomic mass is 16.2. The smallest absolute Gasteiger partial charge is 0.265 e. The Kier molecular flexibility index (Phi) is 3.37. The van der Waals surface area contributed by atoms with Crippen LogP contribution in [0.5, 0.6) is 0 Å². The van der Waals surface area contributed by atoms with Gasteiger partial charge in [0.25, 0.3) is 11.8 Å². The van der Waals surface area contributed by atoms with Gasteiger partial charge < -0.3 is 0 Å². The van der Waals surface area contributed by atoms with Crippen molar-refractivity contribution >= 4 is 11.8 Å². The molecule has 2 amide bonds. The summed E-state index contributed by atoms with van der Waals surface area (Å²) in [6.07, 6.45) is 0. The Morgan fingerprint density at radius 1 is 1.13 bits per heavy atom. The molecule has 0 heterocycles. The first-order chi connectivity index (χ1) is 7.10. The van der Waals surface area contributed by atoms with Crippen LogP contribution in [0.4, 0.5) is 0 Å². The van der Waals surface area contributed by atoms with Gasteiger partial charge in [0.05, 0.1) is 0 Å².